The van der Waals surface area contributed by atoms with Gasteiger partial charge in [0.15, 0.2) is 0 Å². The number of carbonyl (C=O) groups is 1. The molecular formula is C16H22Cl2N2O2. The number of benzene rings is 1. The number of amides is 1. The smallest absolute Gasteiger partial charge is 0.410 e. The van der Waals surface area contributed by atoms with E-state index in [1.54, 1.807) is 4.90 Å². The highest BCUT2D eigenvalue weighted by molar-refractivity contribution is 6.36. The van der Waals surface area contributed by atoms with E-state index in [0.717, 1.165) is 12.1 Å². The van der Waals surface area contributed by atoms with Gasteiger partial charge in [0.25, 0.3) is 0 Å². The molecule has 4 nitrogen and oxygen atoms in total. The third-order valence-electron chi connectivity index (χ3n) is 3.48. The molecule has 1 N–H and O–H groups in total. The Hall–Kier alpha value is -0.970. The van der Waals surface area contributed by atoms with Crippen molar-refractivity contribution in [1.29, 1.82) is 0 Å². The molecule has 1 aromatic rings. The minimum atomic E-state index is -0.505. The SMILES string of the molecule is CC(C)(C)OC(=O)N1CCNCC1Cc1c(Cl)cccc1Cl. The summed E-state index contributed by atoms with van der Waals surface area (Å²) < 4.78 is 5.50. The molecule has 122 valence electrons. The van der Waals surface area contributed by atoms with E-state index < -0.39 is 5.60 Å². The summed E-state index contributed by atoms with van der Waals surface area (Å²) >= 11 is 12.5. The van der Waals surface area contributed by atoms with Gasteiger partial charge < -0.3 is 15.0 Å². The number of rotatable bonds is 2. The second-order valence-corrected chi connectivity index (χ2v) is 7.25. The molecule has 1 fully saturated rings. The van der Waals surface area contributed by atoms with Crippen molar-refractivity contribution < 1.29 is 9.53 Å². The van der Waals surface area contributed by atoms with E-state index >= 15 is 0 Å². The maximum Gasteiger partial charge on any atom is 0.410 e. The summed E-state index contributed by atoms with van der Waals surface area (Å²) in [6.45, 7) is 7.67. The lowest BCUT2D eigenvalue weighted by molar-refractivity contribution is 0.0122. The Morgan fingerprint density at radius 2 is 2.00 bits per heavy atom. The summed E-state index contributed by atoms with van der Waals surface area (Å²) in [5.41, 5.74) is 0.363. The van der Waals surface area contributed by atoms with Gasteiger partial charge in [-0.15, -0.1) is 0 Å². The summed E-state index contributed by atoms with van der Waals surface area (Å²) in [6.07, 6.45) is 0.312. The summed E-state index contributed by atoms with van der Waals surface area (Å²) in [5.74, 6) is 0. The molecule has 0 radical (unpaired) electrons. The number of ether oxygens (including phenoxy) is 1. The summed E-state index contributed by atoms with van der Waals surface area (Å²) in [6, 6.07) is 5.42. The highest BCUT2D eigenvalue weighted by Crippen LogP contribution is 2.27. The standard InChI is InChI=1S/C16H22Cl2N2O2/c1-16(2,3)22-15(21)20-8-7-19-10-11(20)9-12-13(17)5-4-6-14(12)18/h4-6,11,19H,7-10H2,1-3H3. The average molecular weight is 345 g/mol. The molecule has 1 atom stereocenters. The van der Waals surface area contributed by atoms with Crippen LogP contribution in [-0.4, -0.2) is 42.3 Å². The molecule has 0 bridgehead atoms. The Labute approximate surface area is 141 Å². The second-order valence-electron chi connectivity index (χ2n) is 6.44. The third kappa shape index (κ3) is 4.51. The number of nitrogens with zero attached hydrogens (tertiary/aromatic N) is 1. The summed E-state index contributed by atoms with van der Waals surface area (Å²) in [5, 5.41) is 4.56. The zero-order chi connectivity index (χ0) is 16.3. The number of hydrogen-bond acceptors (Lipinski definition) is 3. The van der Waals surface area contributed by atoms with Crippen molar-refractivity contribution in [3.8, 4) is 0 Å². The molecule has 1 aliphatic rings. The highest BCUT2D eigenvalue weighted by atomic mass is 35.5. The summed E-state index contributed by atoms with van der Waals surface area (Å²) in [7, 11) is 0. The molecule has 1 heterocycles. The van der Waals surface area contributed by atoms with Crippen LogP contribution in [0.4, 0.5) is 4.79 Å². The molecule has 0 aromatic heterocycles. The first-order chi connectivity index (χ1) is 10.3. The van der Waals surface area contributed by atoms with Crippen LogP contribution in [0.2, 0.25) is 10.0 Å². The van der Waals surface area contributed by atoms with E-state index in [1.165, 1.54) is 0 Å². The highest BCUT2D eigenvalue weighted by Gasteiger charge is 2.31. The van der Waals surface area contributed by atoms with E-state index in [2.05, 4.69) is 5.32 Å². The summed E-state index contributed by atoms with van der Waals surface area (Å²) in [4.78, 5) is 14.2. The van der Waals surface area contributed by atoms with Crippen molar-refractivity contribution in [2.45, 2.75) is 38.8 Å². The molecular weight excluding hydrogens is 323 g/mol. The van der Waals surface area contributed by atoms with E-state index in [0.29, 0.717) is 29.6 Å². The number of piperazine rings is 1. The van der Waals surface area contributed by atoms with Crippen molar-refractivity contribution in [3.05, 3.63) is 33.8 Å². The predicted molar refractivity (Wildman–Crippen MR) is 89.8 cm³/mol. The lowest BCUT2D eigenvalue weighted by Gasteiger charge is -2.37. The Kier molecular flexibility index (Phi) is 5.59. The molecule has 0 aliphatic carbocycles. The average Bonchev–Trinajstić information content (AvgIpc) is 2.41. The fourth-order valence-corrected chi connectivity index (χ4v) is 3.02. The first-order valence-corrected chi connectivity index (χ1v) is 8.17. The van der Waals surface area contributed by atoms with Gasteiger partial charge in [0.05, 0.1) is 6.04 Å². The molecule has 1 saturated heterocycles. The van der Waals surface area contributed by atoms with Gasteiger partial charge >= 0.3 is 6.09 Å². The van der Waals surface area contributed by atoms with E-state index in [-0.39, 0.29) is 12.1 Å². The van der Waals surface area contributed by atoms with Crippen molar-refractivity contribution >= 4 is 29.3 Å². The molecule has 22 heavy (non-hydrogen) atoms. The predicted octanol–water partition coefficient (Wildman–Crippen LogP) is 3.74. The van der Waals surface area contributed by atoms with Gasteiger partial charge in [-0.2, -0.15) is 0 Å². The van der Waals surface area contributed by atoms with Gasteiger partial charge in [-0.1, -0.05) is 29.3 Å². The molecule has 1 aliphatic heterocycles. The van der Waals surface area contributed by atoms with Crippen molar-refractivity contribution in [1.82, 2.24) is 10.2 Å². The van der Waals surface area contributed by atoms with Crippen LogP contribution in [0.3, 0.4) is 0 Å². The van der Waals surface area contributed by atoms with Crippen LogP contribution < -0.4 is 5.32 Å². The van der Waals surface area contributed by atoms with Crippen LogP contribution in [0, 0.1) is 0 Å². The second kappa shape index (κ2) is 7.07. The van der Waals surface area contributed by atoms with Crippen LogP contribution in [0.25, 0.3) is 0 Å². The van der Waals surface area contributed by atoms with Crippen LogP contribution >= 0.6 is 23.2 Å². The van der Waals surface area contributed by atoms with Crippen molar-refractivity contribution in [2.24, 2.45) is 0 Å². The Morgan fingerprint density at radius 3 is 2.59 bits per heavy atom. The molecule has 1 amide bonds. The van der Waals surface area contributed by atoms with Crippen LogP contribution in [0.1, 0.15) is 26.3 Å². The first kappa shape index (κ1) is 17.4. The van der Waals surface area contributed by atoms with Crippen molar-refractivity contribution in [3.63, 3.8) is 0 Å². The quantitative estimate of drug-likeness (QED) is 0.888. The normalized spacial score (nSPS) is 19.1. The number of hydrogen-bond donors (Lipinski definition) is 1. The molecule has 6 heteroatoms. The van der Waals surface area contributed by atoms with Crippen LogP contribution in [-0.2, 0) is 11.2 Å². The van der Waals surface area contributed by atoms with E-state index in [1.807, 2.05) is 39.0 Å². The molecule has 0 saturated carbocycles. The van der Waals surface area contributed by atoms with E-state index in [4.69, 9.17) is 27.9 Å². The van der Waals surface area contributed by atoms with Crippen LogP contribution in [0.15, 0.2) is 18.2 Å². The molecule has 1 unspecified atom stereocenters. The Balaban J connectivity index is 2.15. The van der Waals surface area contributed by atoms with E-state index in [9.17, 15) is 4.79 Å². The topological polar surface area (TPSA) is 41.6 Å². The van der Waals surface area contributed by atoms with Crippen LogP contribution in [0.5, 0.6) is 0 Å². The number of nitrogens with one attached hydrogen (secondary N) is 1. The molecule has 0 spiro atoms. The zero-order valence-corrected chi connectivity index (χ0v) is 14.7. The zero-order valence-electron chi connectivity index (χ0n) is 13.2. The van der Waals surface area contributed by atoms with Crippen molar-refractivity contribution in [2.75, 3.05) is 19.6 Å². The van der Waals surface area contributed by atoms with Gasteiger partial charge in [-0.25, -0.2) is 4.79 Å². The van der Waals surface area contributed by atoms with Gasteiger partial charge in [0.1, 0.15) is 5.60 Å². The Bertz CT molecular complexity index is 523. The Morgan fingerprint density at radius 1 is 1.36 bits per heavy atom. The van der Waals surface area contributed by atoms with Gasteiger partial charge in [-0.05, 0) is 44.9 Å². The number of carbonyl (C=O) groups excluding carboxylic acids is 1. The number of halogens is 2. The lowest BCUT2D eigenvalue weighted by Crippen LogP contribution is -2.55. The molecule has 1 aromatic carbocycles. The minimum Gasteiger partial charge on any atom is -0.444 e. The lowest BCUT2D eigenvalue weighted by atomic mass is 10.0. The third-order valence-corrected chi connectivity index (χ3v) is 4.19. The maximum absolute atomic E-state index is 12.4. The first-order valence-electron chi connectivity index (χ1n) is 7.41. The minimum absolute atomic E-state index is 0.0269. The van der Waals surface area contributed by atoms with Gasteiger partial charge in [0.2, 0.25) is 0 Å². The molecule has 2 rings (SSSR count). The fourth-order valence-electron chi connectivity index (χ4n) is 2.47. The fraction of sp³-hybridized carbons (Fsp3) is 0.562. The largest absolute Gasteiger partial charge is 0.444 e. The maximum atomic E-state index is 12.4. The van der Waals surface area contributed by atoms with Gasteiger partial charge in [0, 0.05) is 29.7 Å². The monoisotopic (exact) mass is 344 g/mol. The van der Waals surface area contributed by atoms with Gasteiger partial charge in [-0.3, -0.25) is 0 Å².